The molecule has 90 valence electrons. The summed E-state index contributed by atoms with van der Waals surface area (Å²) in [5.74, 6) is 0.867. The Morgan fingerprint density at radius 3 is 2.60 bits per heavy atom. The second kappa shape index (κ2) is 5.86. The summed E-state index contributed by atoms with van der Waals surface area (Å²) in [6.07, 6.45) is 4.04. The van der Waals surface area contributed by atoms with Crippen LogP contribution in [-0.4, -0.2) is 36.6 Å². The summed E-state index contributed by atoms with van der Waals surface area (Å²) < 4.78 is 0. The first-order valence-electron chi connectivity index (χ1n) is 6.49. The van der Waals surface area contributed by atoms with Crippen molar-refractivity contribution in [2.75, 3.05) is 13.6 Å². The van der Waals surface area contributed by atoms with Crippen molar-refractivity contribution < 1.29 is 0 Å². The molecule has 0 spiro atoms. The molecule has 0 aromatic carbocycles. The fourth-order valence-electron chi connectivity index (χ4n) is 2.75. The van der Waals surface area contributed by atoms with Crippen LogP contribution in [-0.2, 0) is 0 Å². The van der Waals surface area contributed by atoms with E-state index in [0.29, 0.717) is 12.1 Å². The van der Waals surface area contributed by atoms with E-state index in [9.17, 15) is 0 Å². The summed E-state index contributed by atoms with van der Waals surface area (Å²) in [6.45, 7) is 10.7. The van der Waals surface area contributed by atoms with Crippen LogP contribution >= 0.6 is 0 Å². The molecule has 1 saturated heterocycles. The highest BCUT2D eigenvalue weighted by Crippen LogP contribution is 2.25. The zero-order valence-electron chi connectivity index (χ0n) is 11.1. The zero-order valence-corrected chi connectivity index (χ0v) is 11.1. The van der Waals surface area contributed by atoms with Crippen LogP contribution in [0.5, 0.6) is 0 Å². The minimum atomic E-state index is 0.629. The number of hydrogen-bond donors (Lipinski definition) is 1. The lowest BCUT2D eigenvalue weighted by Crippen LogP contribution is -2.48. The van der Waals surface area contributed by atoms with Crippen LogP contribution in [0.15, 0.2) is 0 Å². The lowest BCUT2D eigenvalue weighted by atomic mass is 9.90. The Morgan fingerprint density at radius 1 is 1.33 bits per heavy atom. The van der Waals surface area contributed by atoms with E-state index in [4.69, 9.17) is 0 Å². The van der Waals surface area contributed by atoms with Crippen LogP contribution in [0.4, 0.5) is 0 Å². The summed E-state index contributed by atoms with van der Waals surface area (Å²) >= 11 is 0. The summed E-state index contributed by atoms with van der Waals surface area (Å²) in [7, 11) is 2.06. The molecule has 1 heterocycles. The predicted molar refractivity (Wildman–Crippen MR) is 67.2 cm³/mol. The second-order valence-corrected chi connectivity index (χ2v) is 5.37. The van der Waals surface area contributed by atoms with Gasteiger partial charge >= 0.3 is 0 Å². The third kappa shape index (κ3) is 3.46. The van der Waals surface area contributed by atoms with Gasteiger partial charge in [0.05, 0.1) is 0 Å². The molecule has 1 aliphatic rings. The van der Waals surface area contributed by atoms with Crippen LogP contribution < -0.4 is 5.32 Å². The molecule has 2 heteroatoms. The largest absolute Gasteiger partial charge is 0.317 e. The highest BCUT2D eigenvalue weighted by atomic mass is 15.2. The van der Waals surface area contributed by atoms with Crippen molar-refractivity contribution in [3.63, 3.8) is 0 Å². The molecule has 4 unspecified atom stereocenters. The van der Waals surface area contributed by atoms with Crippen LogP contribution in [0.2, 0.25) is 0 Å². The van der Waals surface area contributed by atoms with Gasteiger partial charge in [-0.1, -0.05) is 6.92 Å². The van der Waals surface area contributed by atoms with E-state index in [-0.39, 0.29) is 0 Å². The van der Waals surface area contributed by atoms with Crippen LogP contribution in [0.1, 0.15) is 47.0 Å². The SMILES string of the molecule is CNC(C)CC(C)N1CCCC(C)C1C. The smallest absolute Gasteiger partial charge is 0.00953 e. The highest BCUT2D eigenvalue weighted by molar-refractivity contribution is 4.83. The summed E-state index contributed by atoms with van der Waals surface area (Å²) in [6, 6.07) is 2.10. The molecule has 15 heavy (non-hydrogen) atoms. The van der Waals surface area contributed by atoms with E-state index in [1.54, 1.807) is 0 Å². The molecular formula is C13H28N2. The molecule has 0 amide bonds. The van der Waals surface area contributed by atoms with Gasteiger partial charge in [-0.3, -0.25) is 4.90 Å². The van der Waals surface area contributed by atoms with Crippen LogP contribution in [0.25, 0.3) is 0 Å². The van der Waals surface area contributed by atoms with Crippen LogP contribution in [0.3, 0.4) is 0 Å². The quantitative estimate of drug-likeness (QED) is 0.770. The summed E-state index contributed by atoms with van der Waals surface area (Å²) in [5, 5.41) is 3.33. The Morgan fingerprint density at radius 2 is 2.00 bits per heavy atom. The molecule has 0 radical (unpaired) electrons. The minimum Gasteiger partial charge on any atom is -0.317 e. The average Bonchev–Trinajstić information content (AvgIpc) is 2.21. The molecule has 0 saturated carbocycles. The topological polar surface area (TPSA) is 15.3 Å². The first-order chi connectivity index (χ1) is 7.06. The van der Waals surface area contributed by atoms with Gasteiger partial charge in [-0.15, -0.1) is 0 Å². The van der Waals surface area contributed by atoms with Gasteiger partial charge < -0.3 is 5.32 Å². The van der Waals surface area contributed by atoms with Crippen molar-refractivity contribution in [1.29, 1.82) is 0 Å². The zero-order chi connectivity index (χ0) is 11.4. The Hall–Kier alpha value is -0.0800. The maximum absolute atomic E-state index is 3.33. The van der Waals surface area contributed by atoms with Gasteiger partial charge in [0, 0.05) is 18.1 Å². The van der Waals surface area contributed by atoms with Gasteiger partial charge in [0.15, 0.2) is 0 Å². The standard InChI is InChI=1S/C13H28N2/c1-10-7-6-8-15(13(10)4)12(3)9-11(2)14-5/h10-14H,6-9H2,1-5H3. The van der Waals surface area contributed by atoms with E-state index >= 15 is 0 Å². The number of rotatable bonds is 4. The monoisotopic (exact) mass is 212 g/mol. The van der Waals surface area contributed by atoms with E-state index in [1.165, 1.54) is 25.8 Å². The second-order valence-electron chi connectivity index (χ2n) is 5.37. The number of piperidine rings is 1. The number of nitrogens with one attached hydrogen (secondary N) is 1. The Balaban J connectivity index is 2.46. The van der Waals surface area contributed by atoms with E-state index < -0.39 is 0 Å². The van der Waals surface area contributed by atoms with Crippen molar-refractivity contribution in [2.24, 2.45) is 5.92 Å². The molecule has 4 atom stereocenters. The predicted octanol–water partition coefficient (Wildman–Crippen LogP) is 2.49. The van der Waals surface area contributed by atoms with E-state index in [2.05, 4.69) is 45.0 Å². The first kappa shape index (κ1) is 13.0. The van der Waals surface area contributed by atoms with Gasteiger partial charge in [-0.25, -0.2) is 0 Å². The third-order valence-corrected chi connectivity index (χ3v) is 4.18. The highest BCUT2D eigenvalue weighted by Gasteiger charge is 2.28. The molecule has 0 aromatic heterocycles. The fourth-order valence-corrected chi connectivity index (χ4v) is 2.75. The maximum Gasteiger partial charge on any atom is 0.00953 e. The van der Waals surface area contributed by atoms with Gasteiger partial charge in [0.2, 0.25) is 0 Å². The van der Waals surface area contributed by atoms with Crippen molar-refractivity contribution >= 4 is 0 Å². The Kier molecular flexibility index (Phi) is 5.07. The fraction of sp³-hybridized carbons (Fsp3) is 1.00. The maximum atomic E-state index is 3.33. The number of nitrogens with zero attached hydrogens (tertiary/aromatic N) is 1. The summed E-state index contributed by atoms with van der Waals surface area (Å²) in [4.78, 5) is 2.70. The molecule has 0 bridgehead atoms. The van der Waals surface area contributed by atoms with Gasteiger partial charge in [0.25, 0.3) is 0 Å². The van der Waals surface area contributed by atoms with E-state index in [0.717, 1.165) is 12.0 Å². The third-order valence-electron chi connectivity index (χ3n) is 4.18. The first-order valence-corrected chi connectivity index (χ1v) is 6.49. The van der Waals surface area contributed by atoms with Gasteiger partial charge in [-0.05, 0) is 59.5 Å². The number of hydrogen-bond acceptors (Lipinski definition) is 2. The Bertz CT molecular complexity index is 181. The summed E-state index contributed by atoms with van der Waals surface area (Å²) in [5.41, 5.74) is 0. The molecule has 2 nitrogen and oxygen atoms in total. The van der Waals surface area contributed by atoms with Gasteiger partial charge in [0.1, 0.15) is 0 Å². The average molecular weight is 212 g/mol. The molecule has 1 fully saturated rings. The molecule has 0 aromatic rings. The van der Waals surface area contributed by atoms with Crippen molar-refractivity contribution in [3.05, 3.63) is 0 Å². The van der Waals surface area contributed by atoms with Gasteiger partial charge in [-0.2, -0.15) is 0 Å². The van der Waals surface area contributed by atoms with Crippen molar-refractivity contribution in [3.8, 4) is 0 Å². The van der Waals surface area contributed by atoms with Crippen molar-refractivity contribution in [2.45, 2.75) is 65.1 Å². The molecule has 1 rings (SSSR count). The van der Waals surface area contributed by atoms with Crippen LogP contribution in [0, 0.1) is 5.92 Å². The minimum absolute atomic E-state index is 0.629. The Labute approximate surface area is 95.4 Å². The molecule has 1 N–H and O–H groups in total. The normalized spacial score (nSPS) is 32.6. The molecule has 1 aliphatic heterocycles. The van der Waals surface area contributed by atoms with Crippen molar-refractivity contribution in [1.82, 2.24) is 10.2 Å². The van der Waals surface area contributed by atoms with E-state index in [1.807, 2.05) is 0 Å². The lowest BCUT2D eigenvalue weighted by molar-refractivity contribution is 0.0682. The number of likely N-dealkylation sites (tertiary alicyclic amines) is 1. The lowest BCUT2D eigenvalue weighted by Gasteiger charge is -2.42. The molecule has 0 aliphatic carbocycles. The molecular weight excluding hydrogens is 184 g/mol.